The van der Waals surface area contributed by atoms with Crippen LogP contribution in [0.25, 0.3) is 0 Å². The minimum atomic E-state index is -0.524. The van der Waals surface area contributed by atoms with E-state index in [1.807, 2.05) is 6.92 Å². The van der Waals surface area contributed by atoms with Crippen molar-refractivity contribution < 1.29 is 4.74 Å². The van der Waals surface area contributed by atoms with E-state index < -0.39 is 5.54 Å². The molecule has 0 spiro atoms. The van der Waals surface area contributed by atoms with E-state index in [0.29, 0.717) is 30.6 Å². The minimum Gasteiger partial charge on any atom is -0.375 e. The van der Waals surface area contributed by atoms with Crippen LogP contribution in [0.1, 0.15) is 59.8 Å². The Bertz CT molecular complexity index is 358. The molecule has 20 heavy (non-hydrogen) atoms. The second-order valence-electron chi connectivity index (χ2n) is 7.54. The normalized spacial score (nSPS) is 33.7. The number of nitrogens with one attached hydrogen (secondary N) is 1. The Labute approximate surface area is 124 Å². The fourth-order valence-electron chi connectivity index (χ4n) is 3.36. The molecule has 1 N–H and O–H groups in total. The highest BCUT2D eigenvalue weighted by Gasteiger charge is 2.36. The van der Waals surface area contributed by atoms with Gasteiger partial charge in [-0.3, -0.25) is 5.32 Å². The predicted octanol–water partition coefficient (Wildman–Crippen LogP) is 3.50. The zero-order valence-corrected chi connectivity index (χ0v) is 13.5. The first kappa shape index (κ1) is 15.8. The van der Waals surface area contributed by atoms with Crippen molar-refractivity contribution in [1.29, 1.82) is 5.26 Å². The lowest BCUT2D eigenvalue weighted by Crippen LogP contribution is -2.48. The number of hydrogen-bond donors (Lipinski definition) is 1. The standard InChI is InChI=1S/C17H30N2O/c1-12(2)15-8-5-13(3)9-16(15)20-11-17(4,10-18)19-14-6-7-14/h12-16,19H,5-9,11H2,1-4H3. The Morgan fingerprint density at radius 3 is 2.55 bits per heavy atom. The average Bonchev–Trinajstić information content (AvgIpc) is 3.20. The minimum absolute atomic E-state index is 0.326. The molecule has 114 valence electrons. The van der Waals surface area contributed by atoms with Crippen LogP contribution in [0.5, 0.6) is 0 Å². The second-order valence-corrected chi connectivity index (χ2v) is 7.54. The zero-order chi connectivity index (χ0) is 14.8. The lowest BCUT2D eigenvalue weighted by molar-refractivity contribution is -0.0520. The Morgan fingerprint density at radius 2 is 2.00 bits per heavy atom. The molecule has 2 fully saturated rings. The molecule has 0 amide bonds. The third kappa shape index (κ3) is 4.20. The molecule has 0 aliphatic heterocycles. The van der Waals surface area contributed by atoms with Crippen LogP contribution in [-0.4, -0.2) is 24.3 Å². The lowest BCUT2D eigenvalue weighted by Gasteiger charge is -2.38. The van der Waals surface area contributed by atoms with E-state index in [-0.39, 0.29) is 0 Å². The summed E-state index contributed by atoms with van der Waals surface area (Å²) in [6, 6.07) is 2.95. The van der Waals surface area contributed by atoms with Crippen molar-refractivity contribution in [2.45, 2.75) is 77.5 Å². The number of rotatable bonds is 6. The van der Waals surface area contributed by atoms with Crippen LogP contribution in [0.4, 0.5) is 0 Å². The van der Waals surface area contributed by atoms with Crippen molar-refractivity contribution in [3.8, 4) is 6.07 Å². The maximum Gasteiger partial charge on any atom is 0.127 e. The number of nitrogens with zero attached hydrogens (tertiary/aromatic N) is 1. The van der Waals surface area contributed by atoms with Crippen molar-refractivity contribution in [3.05, 3.63) is 0 Å². The summed E-state index contributed by atoms with van der Waals surface area (Å²) in [7, 11) is 0. The van der Waals surface area contributed by atoms with Crippen LogP contribution in [0.2, 0.25) is 0 Å². The summed E-state index contributed by atoms with van der Waals surface area (Å²) >= 11 is 0. The summed E-state index contributed by atoms with van der Waals surface area (Å²) in [5, 5.41) is 12.9. The van der Waals surface area contributed by atoms with Crippen molar-refractivity contribution >= 4 is 0 Å². The SMILES string of the molecule is CC1CCC(C(C)C)C(OCC(C)(C#N)NC2CC2)C1. The van der Waals surface area contributed by atoms with Crippen molar-refractivity contribution in [2.24, 2.45) is 17.8 Å². The van der Waals surface area contributed by atoms with Crippen LogP contribution < -0.4 is 5.32 Å². The van der Waals surface area contributed by atoms with Crippen LogP contribution in [-0.2, 0) is 4.74 Å². The zero-order valence-electron chi connectivity index (χ0n) is 13.5. The summed E-state index contributed by atoms with van der Waals surface area (Å²) in [6.45, 7) is 9.40. The van der Waals surface area contributed by atoms with Gasteiger partial charge in [-0.15, -0.1) is 0 Å². The van der Waals surface area contributed by atoms with Gasteiger partial charge in [-0.2, -0.15) is 5.26 Å². The lowest BCUT2D eigenvalue weighted by atomic mass is 9.75. The number of hydrogen-bond acceptors (Lipinski definition) is 3. The second kappa shape index (κ2) is 6.45. The van der Waals surface area contributed by atoms with E-state index >= 15 is 0 Å². The van der Waals surface area contributed by atoms with Gasteiger partial charge in [0.2, 0.25) is 0 Å². The average molecular weight is 278 g/mol. The Morgan fingerprint density at radius 1 is 1.30 bits per heavy atom. The topological polar surface area (TPSA) is 45.0 Å². The largest absolute Gasteiger partial charge is 0.375 e. The van der Waals surface area contributed by atoms with Gasteiger partial charge in [0.05, 0.1) is 18.8 Å². The molecular formula is C17H30N2O. The van der Waals surface area contributed by atoms with Crippen molar-refractivity contribution in [1.82, 2.24) is 5.32 Å². The molecule has 3 heteroatoms. The summed E-state index contributed by atoms with van der Waals surface area (Å²) in [5.74, 6) is 2.06. The van der Waals surface area contributed by atoms with Crippen molar-refractivity contribution in [3.63, 3.8) is 0 Å². The van der Waals surface area contributed by atoms with Crippen LogP contribution >= 0.6 is 0 Å². The highest BCUT2D eigenvalue weighted by atomic mass is 16.5. The molecule has 2 aliphatic rings. The summed E-state index contributed by atoms with van der Waals surface area (Å²) in [4.78, 5) is 0. The first-order valence-electron chi connectivity index (χ1n) is 8.24. The van der Waals surface area contributed by atoms with E-state index in [1.54, 1.807) is 0 Å². The monoisotopic (exact) mass is 278 g/mol. The third-order valence-electron chi connectivity index (χ3n) is 4.89. The molecule has 0 aromatic heterocycles. The Hall–Kier alpha value is -0.590. The van der Waals surface area contributed by atoms with Gasteiger partial charge in [0.1, 0.15) is 5.54 Å². The molecule has 0 aromatic rings. The van der Waals surface area contributed by atoms with Gasteiger partial charge in [0.15, 0.2) is 0 Å². The van der Waals surface area contributed by atoms with E-state index in [9.17, 15) is 5.26 Å². The molecule has 4 unspecified atom stereocenters. The van der Waals surface area contributed by atoms with E-state index in [4.69, 9.17) is 4.74 Å². The van der Waals surface area contributed by atoms with E-state index in [0.717, 1.165) is 12.3 Å². The molecular weight excluding hydrogens is 248 g/mol. The van der Waals surface area contributed by atoms with Gasteiger partial charge >= 0.3 is 0 Å². The van der Waals surface area contributed by atoms with Crippen LogP contribution in [0, 0.1) is 29.1 Å². The van der Waals surface area contributed by atoms with Crippen molar-refractivity contribution in [2.75, 3.05) is 6.61 Å². The third-order valence-corrected chi connectivity index (χ3v) is 4.89. The van der Waals surface area contributed by atoms with Crippen LogP contribution in [0.3, 0.4) is 0 Å². The molecule has 0 bridgehead atoms. The van der Waals surface area contributed by atoms with Gasteiger partial charge in [-0.25, -0.2) is 0 Å². The summed E-state index contributed by atoms with van der Waals surface area (Å²) < 4.78 is 6.23. The smallest absolute Gasteiger partial charge is 0.127 e. The Kier molecular flexibility index (Phi) is 5.09. The molecule has 0 aromatic carbocycles. The maximum atomic E-state index is 9.43. The molecule has 0 radical (unpaired) electrons. The van der Waals surface area contributed by atoms with Gasteiger partial charge < -0.3 is 4.74 Å². The fourth-order valence-corrected chi connectivity index (χ4v) is 3.36. The highest BCUT2D eigenvalue weighted by molar-refractivity contribution is 5.07. The molecule has 2 rings (SSSR count). The van der Waals surface area contributed by atoms with Gasteiger partial charge in [0.25, 0.3) is 0 Å². The first-order valence-corrected chi connectivity index (χ1v) is 8.24. The van der Waals surface area contributed by atoms with Gasteiger partial charge in [-0.05, 0) is 50.4 Å². The highest BCUT2D eigenvalue weighted by Crippen LogP contribution is 2.35. The number of nitriles is 1. The quantitative estimate of drug-likeness (QED) is 0.809. The molecule has 0 saturated heterocycles. The molecule has 2 aliphatic carbocycles. The first-order chi connectivity index (χ1) is 9.43. The molecule has 0 heterocycles. The summed E-state index contributed by atoms with van der Waals surface area (Å²) in [5.41, 5.74) is -0.524. The molecule has 3 nitrogen and oxygen atoms in total. The maximum absolute atomic E-state index is 9.43. The predicted molar refractivity (Wildman–Crippen MR) is 81.3 cm³/mol. The fraction of sp³-hybridized carbons (Fsp3) is 0.941. The van der Waals surface area contributed by atoms with E-state index in [1.165, 1.54) is 25.7 Å². The molecule has 4 atom stereocenters. The van der Waals surface area contributed by atoms with Gasteiger partial charge in [0, 0.05) is 6.04 Å². The van der Waals surface area contributed by atoms with E-state index in [2.05, 4.69) is 32.2 Å². The van der Waals surface area contributed by atoms with Gasteiger partial charge in [-0.1, -0.05) is 27.2 Å². The number of ether oxygens (including phenoxy) is 1. The molecule has 2 saturated carbocycles. The Balaban J connectivity index is 1.90. The van der Waals surface area contributed by atoms with Crippen LogP contribution in [0.15, 0.2) is 0 Å². The summed E-state index contributed by atoms with van der Waals surface area (Å²) in [6.07, 6.45) is 6.46.